The SMILES string of the molecule is [2H]c1c([2H])c([2H])c(-c2cc(-c3c([2H])c([2H])c([2H])c([2H])c3[2H])c(N3[CH-]N(c4[c-]c(C(C)(C)c5[c-]c6c(cc5)c5ccccc5n6-c5ccccn5)ccc4)c4ccccc43)c(-c3c([2H])c([2H])c([2H])c([2H])c3[2H])c2)c([2H])c1[2H].[Pt]. The summed E-state index contributed by atoms with van der Waals surface area (Å²) in [5.41, 5.74) is 2.90. The smallest absolute Gasteiger partial charge is 0.135 e. The molecule has 62 heavy (non-hydrogen) atoms. The summed E-state index contributed by atoms with van der Waals surface area (Å²) in [7, 11) is 0. The van der Waals surface area contributed by atoms with Crippen molar-refractivity contribution in [2.45, 2.75) is 19.3 Å². The molecule has 1 aliphatic heterocycles. The van der Waals surface area contributed by atoms with Crippen molar-refractivity contribution in [2.24, 2.45) is 0 Å². The largest absolute Gasteiger partial charge is 0.493 e. The van der Waals surface area contributed by atoms with Gasteiger partial charge in [-0.1, -0.05) is 146 Å². The Labute approximate surface area is 398 Å². The van der Waals surface area contributed by atoms with Crippen molar-refractivity contribution >= 4 is 44.6 Å². The predicted octanol–water partition coefficient (Wildman–Crippen LogP) is 14.5. The minimum Gasteiger partial charge on any atom is -0.493 e. The third-order valence-electron chi connectivity index (χ3n) is 11.2. The number of aromatic nitrogens is 2. The van der Waals surface area contributed by atoms with Gasteiger partial charge >= 0.3 is 0 Å². The maximum Gasteiger partial charge on any atom is 0.135 e. The van der Waals surface area contributed by atoms with E-state index in [1.54, 1.807) is 29.9 Å². The molecule has 0 fully saturated rings. The molecule has 0 saturated carbocycles. The van der Waals surface area contributed by atoms with Crippen LogP contribution in [0.4, 0.5) is 22.7 Å². The van der Waals surface area contributed by atoms with Gasteiger partial charge in [0, 0.05) is 61.0 Å². The molecule has 0 radical (unpaired) electrons. The maximum atomic E-state index is 9.31. The fourth-order valence-electron chi connectivity index (χ4n) is 8.15. The minimum atomic E-state index is -0.712. The number of para-hydroxylation sites is 3. The molecule has 0 bridgehead atoms. The van der Waals surface area contributed by atoms with E-state index in [0.717, 1.165) is 38.8 Å². The maximum absolute atomic E-state index is 9.31. The van der Waals surface area contributed by atoms with Gasteiger partial charge in [-0.25, -0.2) is 4.98 Å². The molecule has 0 spiro atoms. The second-order valence-electron chi connectivity index (χ2n) is 15.0. The van der Waals surface area contributed by atoms with Crippen LogP contribution in [0.1, 0.15) is 45.5 Å². The molecule has 0 aliphatic carbocycles. The summed E-state index contributed by atoms with van der Waals surface area (Å²) in [6, 6.07) is 31.0. The molecular weight excluding hydrogens is 936 g/mol. The van der Waals surface area contributed by atoms with Crippen LogP contribution in [0.5, 0.6) is 0 Å². The van der Waals surface area contributed by atoms with Crippen LogP contribution < -0.4 is 9.80 Å². The number of hydrogen-bond acceptors (Lipinski definition) is 3. The van der Waals surface area contributed by atoms with E-state index < -0.39 is 96.1 Å². The molecule has 2 aromatic heterocycles. The average Bonchev–Trinajstić information content (AvgIpc) is 4.05. The van der Waals surface area contributed by atoms with Crippen LogP contribution in [0.15, 0.2) is 206 Å². The molecule has 1 aliphatic rings. The van der Waals surface area contributed by atoms with Gasteiger partial charge in [0.25, 0.3) is 0 Å². The third-order valence-corrected chi connectivity index (χ3v) is 11.2. The Kier molecular flexibility index (Phi) is 6.68. The molecule has 0 saturated heterocycles. The molecule has 3 heterocycles. The molecule has 4 nitrogen and oxygen atoms in total. The standard InChI is InChI=1S/C57H41N4.Pt/c1-57(2,45-32-33-48-47-27-12-13-28-51(47)61(54(48)38-45)55-31-16-17-34-58-55)44-25-18-26-46(37-44)59-39-60(53-30-15-14-29-52(53)59)56-49(41-21-8-4-9-22-41)35-43(40-19-6-3-7-20-40)36-50(56)42-23-10-5-11-24-42;/h3-36,39H,1-2H3;/q-3;/i3D,4D,5D,6D,7D,8D,9D,10D,11D,19D,20D,21D,22D,23D,24D;. The van der Waals surface area contributed by atoms with Crippen molar-refractivity contribution in [3.8, 4) is 39.2 Å². The first-order chi connectivity index (χ1) is 36.2. The van der Waals surface area contributed by atoms with E-state index in [4.69, 9.17) is 20.1 Å². The van der Waals surface area contributed by atoms with Crippen molar-refractivity contribution in [2.75, 3.05) is 9.80 Å². The fraction of sp³-hybridized carbons (Fsp3) is 0.0526. The number of fused-ring (bicyclic) bond motifs is 4. The first-order valence-corrected chi connectivity index (χ1v) is 19.6. The first-order valence-electron chi connectivity index (χ1n) is 27.1. The van der Waals surface area contributed by atoms with Gasteiger partial charge in [0.1, 0.15) is 5.82 Å². The number of nitrogens with zero attached hydrogens (tertiary/aromatic N) is 4. The van der Waals surface area contributed by atoms with Crippen molar-refractivity contribution in [3.63, 3.8) is 0 Å². The number of rotatable bonds is 8. The van der Waals surface area contributed by atoms with Crippen LogP contribution >= 0.6 is 0 Å². The van der Waals surface area contributed by atoms with E-state index in [1.807, 2.05) is 65.6 Å². The molecule has 5 heteroatoms. The van der Waals surface area contributed by atoms with Gasteiger partial charge in [0.2, 0.25) is 0 Å². The minimum absolute atomic E-state index is 0. The molecule has 0 unspecified atom stereocenters. The van der Waals surface area contributed by atoms with Gasteiger partial charge in [-0.3, -0.25) is 0 Å². The summed E-state index contributed by atoms with van der Waals surface area (Å²) in [5, 5.41) is 2.06. The summed E-state index contributed by atoms with van der Waals surface area (Å²) < 4.78 is 135. The molecular formula is C57H41N4Pt-3. The number of hydrogen-bond donors (Lipinski definition) is 0. The van der Waals surface area contributed by atoms with Gasteiger partial charge < -0.3 is 14.4 Å². The second-order valence-corrected chi connectivity index (χ2v) is 15.0. The Morgan fingerprint density at radius 2 is 1.15 bits per heavy atom. The van der Waals surface area contributed by atoms with Crippen molar-refractivity contribution in [3.05, 3.63) is 236 Å². The topological polar surface area (TPSA) is 24.3 Å². The van der Waals surface area contributed by atoms with Crippen LogP contribution in [-0.4, -0.2) is 9.55 Å². The van der Waals surface area contributed by atoms with Crippen LogP contribution in [0, 0.1) is 18.8 Å². The van der Waals surface area contributed by atoms with Crippen LogP contribution in [0.2, 0.25) is 0 Å². The predicted molar refractivity (Wildman–Crippen MR) is 253 cm³/mol. The van der Waals surface area contributed by atoms with E-state index in [0.29, 0.717) is 17.1 Å². The van der Waals surface area contributed by atoms with Gasteiger partial charge in [-0.15, -0.1) is 17.7 Å². The summed E-state index contributed by atoms with van der Waals surface area (Å²) >= 11 is 0. The zero-order valence-electron chi connectivity index (χ0n) is 48.2. The second kappa shape index (κ2) is 16.1. The monoisotopic (exact) mass is 991 g/mol. The summed E-state index contributed by atoms with van der Waals surface area (Å²) in [6.07, 6.45) is 1.76. The first kappa shape index (κ1) is 25.7. The van der Waals surface area contributed by atoms with Crippen molar-refractivity contribution in [1.29, 1.82) is 0 Å². The molecule has 0 amide bonds. The van der Waals surface area contributed by atoms with Crippen molar-refractivity contribution in [1.82, 2.24) is 9.55 Å². The van der Waals surface area contributed by atoms with Gasteiger partial charge in [0.15, 0.2) is 0 Å². The Morgan fingerprint density at radius 1 is 0.548 bits per heavy atom. The Hall–Kier alpha value is -7.00. The van der Waals surface area contributed by atoms with Gasteiger partial charge in [-0.05, 0) is 75.5 Å². The number of benzene rings is 8. The zero-order chi connectivity index (χ0) is 54.0. The molecule has 0 atom stereocenters. The average molecular weight is 992 g/mol. The normalized spacial score (nSPS) is 15.8. The van der Waals surface area contributed by atoms with Crippen LogP contribution in [0.3, 0.4) is 0 Å². The number of pyridine rings is 1. The van der Waals surface area contributed by atoms with Gasteiger partial charge in [-0.2, -0.15) is 53.6 Å². The van der Waals surface area contributed by atoms with E-state index >= 15 is 0 Å². The fourth-order valence-corrected chi connectivity index (χ4v) is 8.15. The van der Waals surface area contributed by atoms with E-state index in [-0.39, 0.29) is 60.1 Å². The summed E-state index contributed by atoms with van der Waals surface area (Å²) in [5.74, 6) is 0.745. The Balaban J connectivity index is 0.00000672. The molecule has 0 N–H and O–H groups in total. The molecule has 10 aromatic rings. The Bertz CT molecular complexity index is 3930. The third kappa shape index (κ3) is 6.72. The quantitative estimate of drug-likeness (QED) is 0.142. The van der Waals surface area contributed by atoms with E-state index in [1.165, 1.54) is 12.1 Å². The Morgan fingerprint density at radius 3 is 1.81 bits per heavy atom. The molecule has 11 rings (SSSR count). The zero-order valence-corrected chi connectivity index (χ0v) is 35.4. The number of anilines is 4. The summed E-state index contributed by atoms with van der Waals surface area (Å²) in [6.45, 7) is 5.84. The van der Waals surface area contributed by atoms with Gasteiger partial charge in [0.05, 0.1) is 20.6 Å². The van der Waals surface area contributed by atoms with Crippen molar-refractivity contribution < 1.29 is 41.6 Å². The van der Waals surface area contributed by atoms with E-state index in [2.05, 4.69) is 54.8 Å². The molecule has 8 aromatic carbocycles. The summed E-state index contributed by atoms with van der Waals surface area (Å²) in [4.78, 5) is 8.17. The van der Waals surface area contributed by atoms with Crippen LogP contribution in [-0.2, 0) is 26.5 Å². The molecule has 302 valence electrons. The van der Waals surface area contributed by atoms with Crippen LogP contribution in [0.25, 0.3) is 61.0 Å². The van der Waals surface area contributed by atoms with E-state index in [9.17, 15) is 5.48 Å².